The zero-order valence-electron chi connectivity index (χ0n) is 14.0. The molecule has 0 bridgehead atoms. The Labute approximate surface area is 151 Å². The molecule has 6 heteroatoms. The number of aliphatic carboxylic acids is 1. The van der Waals surface area contributed by atoms with Crippen LogP contribution in [-0.2, 0) is 22.2 Å². The Balaban J connectivity index is 1.75. The van der Waals surface area contributed by atoms with Crippen molar-refractivity contribution in [2.45, 2.75) is 12.8 Å². The Morgan fingerprint density at radius 1 is 0.923 bits per heavy atom. The fraction of sp³-hybridized carbons (Fsp3) is 0.150. The third-order valence-corrected chi connectivity index (χ3v) is 5.37. The van der Waals surface area contributed by atoms with Crippen LogP contribution in [0, 0.1) is 0 Å². The number of aryl methyl sites for hydroxylation is 1. The van der Waals surface area contributed by atoms with E-state index in [0.717, 1.165) is 16.3 Å². The lowest BCUT2D eigenvalue weighted by Crippen LogP contribution is -2.05. The normalized spacial score (nSPS) is 13.3. The van der Waals surface area contributed by atoms with Crippen molar-refractivity contribution >= 4 is 24.3 Å². The molecule has 1 unspecified atom stereocenters. The first kappa shape index (κ1) is 18.2. The van der Waals surface area contributed by atoms with Crippen LogP contribution in [0.4, 0.5) is 0 Å². The summed E-state index contributed by atoms with van der Waals surface area (Å²) < 4.78 is 17.8. The van der Waals surface area contributed by atoms with Crippen LogP contribution in [0.15, 0.2) is 66.7 Å². The Morgan fingerprint density at radius 3 is 2.38 bits per heavy atom. The maximum absolute atomic E-state index is 12.5. The van der Waals surface area contributed by atoms with Crippen LogP contribution in [0.25, 0.3) is 10.8 Å². The van der Waals surface area contributed by atoms with Crippen LogP contribution < -0.4 is 4.52 Å². The van der Waals surface area contributed by atoms with Crippen LogP contribution in [0.2, 0.25) is 0 Å². The first-order valence-corrected chi connectivity index (χ1v) is 9.99. The molecule has 0 spiro atoms. The minimum Gasteiger partial charge on any atom is -0.481 e. The maximum atomic E-state index is 12.5. The molecule has 0 aliphatic heterocycles. The van der Waals surface area contributed by atoms with Gasteiger partial charge in [0, 0.05) is 5.56 Å². The van der Waals surface area contributed by atoms with Crippen molar-refractivity contribution in [3.05, 3.63) is 77.9 Å². The van der Waals surface area contributed by atoms with Crippen molar-refractivity contribution in [2.24, 2.45) is 0 Å². The van der Waals surface area contributed by atoms with Crippen molar-refractivity contribution in [3.8, 4) is 5.75 Å². The molecule has 26 heavy (non-hydrogen) atoms. The smallest absolute Gasteiger partial charge is 0.376 e. The van der Waals surface area contributed by atoms with E-state index in [2.05, 4.69) is 0 Å². The van der Waals surface area contributed by atoms with Crippen molar-refractivity contribution in [2.75, 3.05) is 6.16 Å². The van der Waals surface area contributed by atoms with Gasteiger partial charge in [0.2, 0.25) is 0 Å². The van der Waals surface area contributed by atoms with E-state index in [9.17, 15) is 14.3 Å². The molecule has 3 aromatic rings. The molecule has 0 aliphatic carbocycles. The fourth-order valence-corrected chi connectivity index (χ4v) is 3.97. The second kappa shape index (κ2) is 7.73. The molecule has 0 saturated carbocycles. The molecule has 0 heterocycles. The Kier molecular flexibility index (Phi) is 5.40. The summed E-state index contributed by atoms with van der Waals surface area (Å²) in [7, 11) is -3.92. The summed E-state index contributed by atoms with van der Waals surface area (Å²) in [5.41, 5.74) is 1.35. The number of hydrogen-bond donors (Lipinski definition) is 2. The average Bonchev–Trinajstić information content (AvgIpc) is 2.61. The summed E-state index contributed by atoms with van der Waals surface area (Å²) in [5, 5.41) is 11.1. The molecule has 5 nitrogen and oxygen atoms in total. The number of carboxylic acid groups (broad SMARTS) is 1. The zero-order valence-corrected chi connectivity index (χ0v) is 14.9. The summed E-state index contributed by atoms with van der Waals surface area (Å²) in [5.74, 6) is -0.886. The monoisotopic (exact) mass is 370 g/mol. The molecular weight excluding hydrogens is 351 g/mol. The number of carboxylic acids is 1. The van der Waals surface area contributed by atoms with Gasteiger partial charge in [-0.3, -0.25) is 4.79 Å². The van der Waals surface area contributed by atoms with E-state index in [1.807, 2.05) is 42.5 Å². The van der Waals surface area contributed by atoms with Gasteiger partial charge in [-0.05, 0) is 28.8 Å². The Hall–Kier alpha value is -2.62. The molecule has 0 amide bonds. The average molecular weight is 370 g/mol. The summed E-state index contributed by atoms with van der Waals surface area (Å²) in [6, 6.07) is 20.1. The zero-order chi connectivity index (χ0) is 18.6. The lowest BCUT2D eigenvalue weighted by Gasteiger charge is -2.16. The highest BCUT2D eigenvalue weighted by atomic mass is 31.2. The number of para-hydroxylation sites is 1. The van der Waals surface area contributed by atoms with Crippen molar-refractivity contribution in [1.29, 1.82) is 0 Å². The maximum Gasteiger partial charge on any atom is 0.376 e. The van der Waals surface area contributed by atoms with Gasteiger partial charge in [-0.15, -0.1) is 0 Å². The van der Waals surface area contributed by atoms with Crippen LogP contribution in [0.1, 0.15) is 11.1 Å². The van der Waals surface area contributed by atoms with E-state index in [4.69, 9.17) is 9.63 Å². The number of carbonyl (C=O) groups is 1. The number of rotatable bonds is 7. The van der Waals surface area contributed by atoms with E-state index < -0.39 is 13.6 Å². The first-order valence-electron chi connectivity index (χ1n) is 8.22. The molecule has 2 N–H and O–H groups in total. The van der Waals surface area contributed by atoms with E-state index in [1.165, 1.54) is 6.07 Å². The summed E-state index contributed by atoms with van der Waals surface area (Å²) in [6.07, 6.45) is 0.0676. The SMILES string of the molecule is O=C(O)Cc1ccccc1OP(=O)(O)CCc1cccc2ccccc12. The second-order valence-electron chi connectivity index (χ2n) is 6.02. The highest BCUT2D eigenvalue weighted by molar-refractivity contribution is 7.53. The van der Waals surface area contributed by atoms with E-state index in [1.54, 1.807) is 18.2 Å². The third kappa shape index (κ3) is 4.51. The van der Waals surface area contributed by atoms with Crippen LogP contribution in [0.5, 0.6) is 5.75 Å². The van der Waals surface area contributed by atoms with Gasteiger partial charge in [-0.1, -0.05) is 60.7 Å². The highest BCUT2D eigenvalue weighted by Gasteiger charge is 2.23. The minimum absolute atomic E-state index is 0.0532. The van der Waals surface area contributed by atoms with Crippen LogP contribution in [-0.4, -0.2) is 22.1 Å². The number of benzene rings is 3. The number of fused-ring (bicyclic) bond motifs is 1. The molecule has 1 atom stereocenters. The van der Waals surface area contributed by atoms with Gasteiger partial charge >= 0.3 is 13.6 Å². The molecular formula is C20H19O5P. The van der Waals surface area contributed by atoms with Gasteiger partial charge in [0.05, 0.1) is 12.6 Å². The molecule has 0 aliphatic rings. The minimum atomic E-state index is -3.92. The predicted octanol–water partition coefficient (Wildman–Crippen LogP) is 4.27. The lowest BCUT2D eigenvalue weighted by atomic mass is 10.0. The standard InChI is InChI=1S/C20H19O5P/c21-20(22)14-17-7-2-4-11-19(17)25-26(23,24)13-12-16-9-5-8-15-6-1-3-10-18(15)16/h1-11H,12-14H2,(H,21,22)(H,23,24). The number of hydrogen-bond acceptors (Lipinski definition) is 3. The molecule has 0 saturated heterocycles. The van der Waals surface area contributed by atoms with Gasteiger partial charge in [0.25, 0.3) is 0 Å². The van der Waals surface area contributed by atoms with Crippen molar-refractivity contribution < 1.29 is 23.9 Å². The summed E-state index contributed by atoms with van der Waals surface area (Å²) in [6.45, 7) is 0. The fourth-order valence-electron chi connectivity index (χ4n) is 2.87. The van der Waals surface area contributed by atoms with Crippen LogP contribution >= 0.6 is 7.60 Å². The van der Waals surface area contributed by atoms with Gasteiger partial charge < -0.3 is 14.5 Å². The Bertz CT molecular complexity index is 977. The van der Waals surface area contributed by atoms with E-state index in [-0.39, 0.29) is 18.3 Å². The molecule has 134 valence electrons. The molecule has 3 rings (SSSR count). The molecule has 0 fully saturated rings. The molecule has 3 aromatic carbocycles. The predicted molar refractivity (Wildman–Crippen MR) is 101 cm³/mol. The van der Waals surface area contributed by atoms with E-state index in [0.29, 0.717) is 12.0 Å². The van der Waals surface area contributed by atoms with Gasteiger partial charge in [-0.25, -0.2) is 4.57 Å². The van der Waals surface area contributed by atoms with Gasteiger partial charge in [0.1, 0.15) is 5.75 Å². The van der Waals surface area contributed by atoms with E-state index >= 15 is 0 Å². The van der Waals surface area contributed by atoms with Gasteiger partial charge in [-0.2, -0.15) is 0 Å². The van der Waals surface area contributed by atoms with Crippen LogP contribution in [0.3, 0.4) is 0 Å². The summed E-state index contributed by atoms with van der Waals surface area (Å²) >= 11 is 0. The molecule has 0 aromatic heterocycles. The highest BCUT2D eigenvalue weighted by Crippen LogP contribution is 2.44. The lowest BCUT2D eigenvalue weighted by molar-refractivity contribution is -0.136. The summed E-state index contributed by atoms with van der Waals surface area (Å²) in [4.78, 5) is 21.2. The van der Waals surface area contributed by atoms with Gasteiger partial charge in [0.15, 0.2) is 0 Å². The quantitative estimate of drug-likeness (QED) is 0.607. The largest absolute Gasteiger partial charge is 0.481 e. The van der Waals surface area contributed by atoms with Crippen molar-refractivity contribution in [1.82, 2.24) is 0 Å². The Morgan fingerprint density at radius 2 is 1.58 bits per heavy atom. The topological polar surface area (TPSA) is 83.8 Å². The molecule has 0 radical (unpaired) electrons. The van der Waals surface area contributed by atoms with Crippen molar-refractivity contribution in [3.63, 3.8) is 0 Å². The first-order chi connectivity index (χ1) is 12.4. The second-order valence-corrected chi connectivity index (χ2v) is 7.92. The third-order valence-electron chi connectivity index (χ3n) is 4.10.